The lowest BCUT2D eigenvalue weighted by molar-refractivity contribution is -0.121. The van der Waals surface area contributed by atoms with Gasteiger partial charge in [-0.25, -0.2) is 24.0 Å². The van der Waals surface area contributed by atoms with Crippen LogP contribution in [0.3, 0.4) is 0 Å². The van der Waals surface area contributed by atoms with E-state index in [-0.39, 0.29) is 24.9 Å². The minimum absolute atomic E-state index is 0.0217. The average Bonchev–Trinajstić information content (AvgIpc) is 2.99. The number of guanidine groups is 1. The average molecular weight is 802 g/mol. The molecular formula is C38H71N7O11. The minimum Gasteiger partial charge on any atom is -0.449 e. The van der Waals surface area contributed by atoms with Crippen LogP contribution in [0.2, 0.25) is 0 Å². The Hall–Kier alpha value is -4.51. The molecule has 18 heteroatoms. The fourth-order valence-corrected chi connectivity index (χ4v) is 4.31. The fourth-order valence-electron chi connectivity index (χ4n) is 4.31. The molecule has 5 N–H and O–H groups in total. The standard InChI is InChI=1S/C38H71N7O11/c1-35(2,3)53-31(48)42-24-19-26-45(34(51)56-38(10,11)12)25-18-17-23-41-30(47)52-27-20-28(46)39-21-15-13-14-16-22-40-29(43-32(49)54-36(4,5)6)44-33(50)55-37(7,8)9/h13-27H2,1-12H3,(H,39,46)(H,41,47)(H,42,48)(H2,40,43,44,49,50). The van der Waals surface area contributed by atoms with E-state index in [1.54, 1.807) is 88.0 Å². The Morgan fingerprint density at radius 3 is 1.50 bits per heavy atom. The van der Waals surface area contributed by atoms with E-state index in [4.69, 9.17) is 23.7 Å². The largest absolute Gasteiger partial charge is 0.449 e. The molecule has 0 aliphatic rings. The van der Waals surface area contributed by atoms with Crippen molar-refractivity contribution in [3.8, 4) is 0 Å². The summed E-state index contributed by atoms with van der Waals surface area (Å²) in [5.74, 6) is -0.310. The molecule has 0 rings (SSSR count). The molecule has 6 amide bonds. The van der Waals surface area contributed by atoms with E-state index in [0.717, 1.165) is 19.3 Å². The zero-order valence-electron chi connectivity index (χ0n) is 36.0. The molecule has 56 heavy (non-hydrogen) atoms. The van der Waals surface area contributed by atoms with Gasteiger partial charge in [0.1, 0.15) is 29.0 Å². The van der Waals surface area contributed by atoms with Crippen LogP contribution < -0.4 is 26.6 Å². The van der Waals surface area contributed by atoms with Crippen molar-refractivity contribution in [3.63, 3.8) is 0 Å². The second-order valence-corrected chi connectivity index (χ2v) is 17.0. The van der Waals surface area contributed by atoms with Crippen molar-refractivity contribution in [1.29, 1.82) is 0 Å². The summed E-state index contributed by atoms with van der Waals surface area (Å²) in [5.41, 5.74) is -2.73. The van der Waals surface area contributed by atoms with Gasteiger partial charge in [0.05, 0.1) is 6.42 Å². The van der Waals surface area contributed by atoms with Crippen LogP contribution in [0.5, 0.6) is 0 Å². The molecule has 0 aromatic rings. The maximum absolute atomic E-state index is 12.7. The highest BCUT2D eigenvalue weighted by Gasteiger charge is 2.23. The van der Waals surface area contributed by atoms with Crippen LogP contribution in [-0.4, -0.2) is 116 Å². The lowest BCUT2D eigenvalue weighted by Gasteiger charge is -2.27. The van der Waals surface area contributed by atoms with Crippen LogP contribution >= 0.6 is 0 Å². The molecule has 324 valence electrons. The summed E-state index contributed by atoms with van der Waals surface area (Å²) in [6.07, 6.45) is 1.56. The van der Waals surface area contributed by atoms with E-state index in [1.165, 1.54) is 0 Å². The van der Waals surface area contributed by atoms with Gasteiger partial charge in [-0.1, -0.05) is 12.8 Å². The van der Waals surface area contributed by atoms with Gasteiger partial charge in [0.15, 0.2) is 0 Å². The number of nitrogens with one attached hydrogen (secondary N) is 5. The molecule has 0 heterocycles. The zero-order chi connectivity index (χ0) is 43.0. The van der Waals surface area contributed by atoms with Crippen LogP contribution in [0.25, 0.3) is 0 Å². The van der Waals surface area contributed by atoms with Crippen molar-refractivity contribution in [2.75, 3.05) is 45.9 Å². The number of hydrogen-bond acceptors (Lipinski definition) is 12. The smallest absolute Gasteiger partial charge is 0.414 e. The van der Waals surface area contributed by atoms with Gasteiger partial charge in [0.2, 0.25) is 11.9 Å². The van der Waals surface area contributed by atoms with E-state index < -0.39 is 52.9 Å². The number of aliphatic imine (C=N–C) groups is 1. The third kappa shape index (κ3) is 32.9. The summed E-state index contributed by atoms with van der Waals surface area (Å²) in [5, 5.41) is 13.0. The van der Waals surface area contributed by atoms with Gasteiger partial charge in [-0.3, -0.25) is 20.4 Å². The Kier molecular flexibility index (Phi) is 23.5. The first-order valence-corrected chi connectivity index (χ1v) is 19.4. The van der Waals surface area contributed by atoms with Crippen molar-refractivity contribution >= 4 is 42.3 Å². The van der Waals surface area contributed by atoms with E-state index >= 15 is 0 Å². The monoisotopic (exact) mass is 802 g/mol. The number of carbonyl (C=O) groups excluding carboxylic acids is 6. The first-order valence-electron chi connectivity index (χ1n) is 19.4. The van der Waals surface area contributed by atoms with E-state index in [1.807, 2.05) is 0 Å². The number of ether oxygens (including phenoxy) is 5. The summed E-state index contributed by atoms with van der Waals surface area (Å²) in [6.45, 7) is 23.2. The van der Waals surface area contributed by atoms with E-state index in [2.05, 4.69) is 31.6 Å². The van der Waals surface area contributed by atoms with Gasteiger partial charge in [0, 0.05) is 39.3 Å². The highest BCUT2D eigenvalue weighted by Crippen LogP contribution is 2.12. The quantitative estimate of drug-likeness (QED) is 0.0433. The van der Waals surface area contributed by atoms with Crippen molar-refractivity contribution in [1.82, 2.24) is 31.5 Å². The molecule has 0 aliphatic carbocycles. The number of rotatable bonds is 19. The SMILES string of the molecule is CC(C)(C)OC(=O)NCCCN(CCCCNC(=O)OCCC(=O)NCCCCCCN=C(NC(=O)OC(C)(C)C)NC(=O)OC(C)(C)C)C(=O)OC(C)(C)C. The number of amides is 6. The van der Waals surface area contributed by atoms with Crippen molar-refractivity contribution < 1.29 is 52.5 Å². The molecule has 0 saturated carbocycles. The Balaban J connectivity index is 4.36. The second-order valence-electron chi connectivity index (χ2n) is 17.0. The summed E-state index contributed by atoms with van der Waals surface area (Å²) in [7, 11) is 0. The maximum Gasteiger partial charge on any atom is 0.414 e. The van der Waals surface area contributed by atoms with Gasteiger partial charge in [-0.05, 0) is 115 Å². The predicted octanol–water partition coefficient (Wildman–Crippen LogP) is 6.12. The van der Waals surface area contributed by atoms with Crippen LogP contribution in [0.15, 0.2) is 4.99 Å². The Bertz CT molecular complexity index is 1230. The zero-order valence-corrected chi connectivity index (χ0v) is 36.0. The summed E-state index contributed by atoms with van der Waals surface area (Å²) in [4.78, 5) is 79.1. The molecular weight excluding hydrogens is 730 g/mol. The first kappa shape index (κ1) is 51.5. The van der Waals surface area contributed by atoms with E-state index in [9.17, 15) is 28.8 Å². The number of unbranched alkanes of at least 4 members (excludes halogenated alkanes) is 4. The normalized spacial score (nSPS) is 11.6. The van der Waals surface area contributed by atoms with Gasteiger partial charge >= 0.3 is 30.5 Å². The van der Waals surface area contributed by atoms with Crippen LogP contribution in [-0.2, 0) is 28.5 Å². The molecule has 0 bridgehead atoms. The summed E-state index contributed by atoms with van der Waals surface area (Å²) < 4.78 is 26.3. The summed E-state index contributed by atoms with van der Waals surface area (Å²) >= 11 is 0. The molecule has 18 nitrogen and oxygen atoms in total. The van der Waals surface area contributed by atoms with Gasteiger partial charge in [-0.15, -0.1) is 0 Å². The lowest BCUT2D eigenvalue weighted by Crippen LogP contribution is -2.47. The van der Waals surface area contributed by atoms with Crippen molar-refractivity contribution in [3.05, 3.63) is 0 Å². The number of alkyl carbamates (subject to hydrolysis) is 4. The Labute approximate surface area is 333 Å². The molecule has 0 aromatic heterocycles. The first-order chi connectivity index (χ1) is 25.7. The molecule has 0 saturated heterocycles. The van der Waals surface area contributed by atoms with Crippen LogP contribution in [0.4, 0.5) is 24.0 Å². The van der Waals surface area contributed by atoms with Gasteiger partial charge in [0.25, 0.3) is 0 Å². The highest BCUT2D eigenvalue weighted by molar-refractivity contribution is 6.01. The molecule has 0 atom stereocenters. The molecule has 0 aliphatic heterocycles. The highest BCUT2D eigenvalue weighted by atomic mass is 16.6. The molecule has 0 fully saturated rings. The minimum atomic E-state index is -0.759. The number of carbonyl (C=O) groups is 6. The van der Waals surface area contributed by atoms with Gasteiger partial charge in [-0.2, -0.15) is 0 Å². The van der Waals surface area contributed by atoms with Crippen LogP contribution in [0, 0.1) is 0 Å². The Morgan fingerprint density at radius 1 is 0.500 bits per heavy atom. The maximum atomic E-state index is 12.7. The summed E-state index contributed by atoms with van der Waals surface area (Å²) in [6, 6.07) is 0. The fraction of sp³-hybridized carbons (Fsp3) is 0.816. The van der Waals surface area contributed by atoms with E-state index in [0.29, 0.717) is 65.0 Å². The third-order valence-electron chi connectivity index (χ3n) is 6.53. The number of nitrogens with zero attached hydrogens (tertiary/aromatic N) is 2. The van der Waals surface area contributed by atoms with Crippen LogP contribution in [0.1, 0.15) is 134 Å². The lowest BCUT2D eigenvalue weighted by atomic mass is 10.2. The topological polar surface area (TPSA) is 224 Å². The molecule has 0 unspecified atom stereocenters. The second kappa shape index (κ2) is 25.6. The molecule has 0 spiro atoms. The predicted molar refractivity (Wildman–Crippen MR) is 212 cm³/mol. The van der Waals surface area contributed by atoms with Crippen molar-refractivity contribution in [2.45, 2.75) is 157 Å². The molecule has 0 aromatic carbocycles. The van der Waals surface area contributed by atoms with Crippen molar-refractivity contribution in [2.24, 2.45) is 4.99 Å². The molecule has 0 radical (unpaired) electrons. The Morgan fingerprint density at radius 2 is 0.946 bits per heavy atom. The third-order valence-corrected chi connectivity index (χ3v) is 6.53. The number of hydrogen-bond donors (Lipinski definition) is 5. The van der Waals surface area contributed by atoms with Gasteiger partial charge < -0.3 is 44.5 Å².